The van der Waals surface area contributed by atoms with Crippen LogP contribution in [-0.4, -0.2) is 56.6 Å². The maximum absolute atomic E-state index is 12.6. The number of carbonyl (C=O) groups excluding carboxylic acids is 1. The number of nitrogens with zero attached hydrogens (tertiary/aromatic N) is 5. The molecule has 7 heteroatoms. The first-order chi connectivity index (χ1) is 12.2. The van der Waals surface area contributed by atoms with Crippen LogP contribution in [0, 0.1) is 0 Å². The van der Waals surface area contributed by atoms with Crippen molar-refractivity contribution in [3.63, 3.8) is 0 Å². The lowest BCUT2D eigenvalue weighted by Gasteiger charge is -2.31. The number of pyridine rings is 1. The number of hydrogen-bond donors (Lipinski definition) is 1. The zero-order valence-corrected chi connectivity index (χ0v) is 14.1. The number of fused-ring (bicyclic) bond motifs is 1. The second kappa shape index (κ2) is 6.60. The molecule has 1 fully saturated rings. The molecule has 0 aromatic carbocycles. The predicted molar refractivity (Wildman–Crippen MR) is 94.2 cm³/mol. The van der Waals surface area contributed by atoms with Crippen LogP contribution in [0.25, 0.3) is 17.0 Å². The Kier molecular flexibility index (Phi) is 4.15. The summed E-state index contributed by atoms with van der Waals surface area (Å²) in [6.45, 7) is 1.89. The topological polar surface area (TPSA) is 75.4 Å². The number of piperidine rings is 1. The molecule has 0 atom stereocenters. The third-order valence-corrected chi connectivity index (χ3v) is 4.74. The van der Waals surface area contributed by atoms with Gasteiger partial charge in [0.1, 0.15) is 11.3 Å². The van der Waals surface area contributed by atoms with E-state index in [4.69, 9.17) is 0 Å². The van der Waals surface area contributed by atoms with Crippen LogP contribution in [0.1, 0.15) is 23.3 Å². The summed E-state index contributed by atoms with van der Waals surface area (Å²) in [5.74, 6) is -0.0795. The normalized spacial score (nSPS) is 15.4. The number of imidazole rings is 1. The van der Waals surface area contributed by atoms with Crippen LogP contribution in [-0.2, 0) is 0 Å². The van der Waals surface area contributed by atoms with Gasteiger partial charge in [-0.15, -0.1) is 10.2 Å². The van der Waals surface area contributed by atoms with Crippen LogP contribution in [0.2, 0.25) is 0 Å². The Bertz CT molecular complexity index is 882. The first-order valence-electron chi connectivity index (χ1n) is 8.48. The van der Waals surface area contributed by atoms with Crippen molar-refractivity contribution in [3.8, 4) is 11.4 Å². The molecule has 0 radical (unpaired) electrons. The average molecular weight is 336 g/mol. The number of rotatable bonds is 3. The summed E-state index contributed by atoms with van der Waals surface area (Å²) in [4.78, 5) is 18.8. The predicted octanol–water partition coefficient (Wildman–Crippen LogP) is 1.62. The van der Waals surface area contributed by atoms with E-state index < -0.39 is 0 Å². The smallest absolute Gasteiger partial charge is 0.274 e. The van der Waals surface area contributed by atoms with Gasteiger partial charge in [0.25, 0.3) is 5.91 Å². The number of amides is 1. The fourth-order valence-electron chi connectivity index (χ4n) is 3.25. The number of carbonyl (C=O) groups is 1. The molecule has 1 N–H and O–H groups in total. The number of aromatic nitrogens is 4. The maximum Gasteiger partial charge on any atom is 0.274 e. The van der Waals surface area contributed by atoms with Crippen molar-refractivity contribution < 1.29 is 4.79 Å². The number of hydrogen-bond acceptors (Lipinski definition) is 5. The molecule has 3 aromatic rings. The third-order valence-electron chi connectivity index (χ3n) is 4.74. The minimum absolute atomic E-state index is 0.0795. The summed E-state index contributed by atoms with van der Waals surface area (Å²) < 4.78 is 1.95. The Balaban J connectivity index is 1.56. The molecule has 0 bridgehead atoms. The molecule has 1 aliphatic heterocycles. The lowest BCUT2D eigenvalue weighted by atomic mass is 10.1. The van der Waals surface area contributed by atoms with Gasteiger partial charge in [0.15, 0.2) is 5.69 Å². The van der Waals surface area contributed by atoms with Crippen molar-refractivity contribution >= 4 is 11.6 Å². The van der Waals surface area contributed by atoms with Gasteiger partial charge in [-0.05, 0) is 50.2 Å². The second-order valence-corrected chi connectivity index (χ2v) is 6.27. The molecule has 0 unspecified atom stereocenters. The minimum Gasteiger partial charge on any atom is -0.337 e. The summed E-state index contributed by atoms with van der Waals surface area (Å²) >= 11 is 0. The molecule has 4 rings (SSSR count). The number of nitrogens with one attached hydrogen (secondary N) is 1. The summed E-state index contributed by atoms with van der Waals surface area (Å²) in [5.41, 5.74) is 2.78. The fraction of sp³-hybridized carbons (Fsp3) is 0.333. The van der Waals surface area contributed by atoms with Gasteiger partial charge in [-0.2, -0.15) is 0 Å². The molecule has 1 amide bonds. The molecular weight excluding hydrogens is 316 g/mol. The first-order valence-corrected chi connectivity index (χ1v) is 8.48. The monoisotopic (exact) mass is 336 g/mol. The van der Waals surface area contributed by atoms with Gasteiger partial charge in [-0.1, -0.05) is 6.07 Å². The molecule has 3 aromatic heterocycles. The zero-order valence-electron chi connectivity index (χ0n) is 14.1. The molecule has 7 nitrogen and oxygen atoms in total. The van der Waals surface area contributed by atoms with Gasteiger partial charge in [-0.25, -0.2) is 4.98 Å². The van der Waals surface area contributed by atoms with Crippen LogP contribution in [0.3, 0.4) is 0 Å². The van der Waals surface area contributed by atoms with E-state index in [-0.39, 0.29) is 11.9 Å². The molecule has 0 saturated carbocycles. The molecule has 0 aliphatic carbocycles. The van der Waals surface area contributed by atoms with E-state index in [2.05, 4.69) is 20.5 Å². The highest BCUT2D eigenvalue weighted by molar-refractivity contribution is 5.92. The Morgan fingerprint density at radius 2 is 2.04 bits per heavy atom. The van der Waals surface area contributed by atoms with Gasteiger partial charge >= 0.3 is 0 Å². The maximum atomic E-state index is 12.6. The minimum atomic E-state index is -0.0795. The summed E-state index contributed by atoms with van der Waals surface area (Å²) in [7, 11) is 1.85. The molecule has 4 heterocycles. The van der Waals surface area contributed by atoms with Crippen LogP contribution >= 0.6 is 0 Å². The molecule has 25 heavy (non-hydrogen) atoms. The molecular formula is C18H20N6O. The van der Waals surface area contributed by atoms with Gasteiger partial charge in [0.2, 0.25) is 0 Å². The summed E-state index contributed by atoms with van der Waals surface area (Å²) in [5, 5.41) is 11.7. The van der Waals surface area contributed by atoms with Crippen molar-refractivity contribution in [2.24, 2.45) is 0 Å². The van der Waals surface area contributed by atoms with Gasteiger partial charge in [0.05, 0.1) is 11.9 Å². The van der Waals surface area contributed by atoms with E-state index in [9.17, 15) is 4.79 Å². The van der Waals surface area contributed by atoms with E-state index >= 15 is 0 Å². The summed E-state index contributed by atoms with van der Waals surface area (Å²) in [6, 6.07) is 9.64. The SMILES string of the molecule is CN(C(=O)c1ccc(-c2cnc3ccccn23)nn1)C1CCNCC1. The van der Waals surface area contributed by atoms with Gasteiger partial charge in [-0.3, -0.25) is 9.20 Å². The van der Waals surface area contributed by atoms with Crippen LogP contribution in [0.4, 0.5) is 0 Å². The standard InChI is InChI=1S/C18H20N6O/c1-23(13-7-9-19-10-8-13)18(25)15-6-5-14(21-22-15)16-12-20-17-4-2-3-11-24(16)17/h2-6,11-13,19H,7-10H2,1H3. The lowest BCUT2D eigenvalue weighted by Crippen LogP contribution is -2.44. The first kappa shape index (κ1) is 15.7. The Hall–Kier alpha value is -2.80. The van der Waals surface area contributed by atoms with Crippen molar-refractivity contribution in [1.82, 2.24) is 29.8 Å². The molecule has 0 spiro atoms. The molecule has 128 valence electrons. The van der Waals surface area contributed by atoms with Crippen molar-refractivity contribution in [3.05, 3.63) is 48.4 Å². The highest BCUT2D eigenvalue weighted by Crippen LogP contribution is 2.19. The Labute approximate surface area is 145 Å². The zero-order chi connectivity index (χ0) is 17.2. The largest absolute Gasteiger partial charge is 0.337 e. The van der Waals surface area contributed by atoms with Crippen molar-refractivity contribution in [2.75, 3.05) is 20.1 Å². The highest BCUT2D eigenvalue weighted by Gasteiger charge is 2.24. The van der Waals surface area contributed by atoms with Gasteiger partial charge in [0, 0.05) is 19.3 Å². The Morgan fingerprint density at radius 1 is 1.20 bits per heavy atom. The Morgan fingerprint density at radius 3 is 2.80 bits per heavy atom. The van der Waals surface area contributed by atoms with E-state index in [0.29, 0.717) is 11.4 Å². The van der Waals surface area contributed by atoms with E-state index in [1.54, 1.807) is 17.2 Å². The van der Waals surface area contributed by atoms with E-state index in [1.165, 1.54) is 0 Å². The third kappa shape index (κ3) is 2.98. The van der Waals surface area contributed by atoms with E-state index in [0.717, 1.165) is 37.3 Å². The highest BCUT2D eigenvalue weighted by atomic mass is 16.2. The van der Waals surface area contributed by atoms with Crippen LogP contribution < -0.4 is 5.32 Å². The van der Waals surface area contributed by atoms with Gasteiger partial charge < -0.3 is 10.2 Å². The van der Waals surface area contributed by atoms with Crippen molar-refractivity contribution in [2.45, 2.75) is 18.9 Å². The summed E-state index contributed by atoms with van der Waals surface area (Å²) in [6.07, 6.45) is 5.64. The van der Waals surface area contributed by atoms with Crippen molar-refractivity contribution in [1.29, 1.82) is 0 Å². The lowest BCUT2D eigenvalue weighted by molar-refractivity contribution is 0.0696. The molecule has 1 aliphatic rings. The second-order valence-electron chi connectivity index (χ2n) is 6.27. The van der Waals surface area contributed by atoms with Crippen LogP contribution in [0.15, 0.2) is 42.7 Å². The quantitative estimate of drug-likeness (QED) is 0.786. The van der Waals surface area contributed by atoms with Crippen LogP contribution in [0.5, 0.6) is 0 Å². The van der Waals surface area contributed by atoms with E-state index in [1.807, 2.05) is 41.9 Å². The molecule has 1 saturated heterocycles. The average Bonchev–Trinajstić information content (AvgIpc) is 3.12. The fourth-order valence-corrected chi connectivity index (χ4v) is 3.25.